The third kappa shape index (κ3) is 7.60. The topological polar surface area (TPSA) is 69.7 Å². The summed E-state index contributed by atoms with van der Waals surface area (Å²) < 4.78 is 0. The third-order valence-electron chi connectivity index (χ3n) is 5.22. The highest BCUT2D eigenvalue weighted by Gasteiger charge is 2.35. The first-order chi connectivity index (χ1) is 12.3. The number of nitrogens with one attached hydrogen (secondary N) is 1. The predicted molar refractivity (Wildman–Crippen MR) is 110 cm³/mol. The van der Waals surface area contributed by atoms with Crippen LogP contribution in [0.2, 0.25) is 0 Å². The van der Waals surface area contributed by atoms with Gasteiger partial charge in [-0.1, -0.05) is 48.0 Å². The summed E-state index contributed by atoms with van der Waals surface area (Å²) in [6, 6.07) is -1.41. The van der Waals surface area contributed by atoms with Gasteiger partial charge in [0.05, 0.1) is 12.1 Å². The number of carbonyl (C=O) groups excluding carboxylic acids is 3. The molecule has 4 atom stereocenters. The van der Waals surface area contributed by atoms with Gasteiger partial charge < -0.3 is 10.2 Å². The first-order valence-corrected chi connectivity index (χ1v) is 10.1. The van der Waals surface area contributed by atoms with Crippen LogP contribution in [0.3, 0.4) is 0 Å². The second-order valence-corrected chi connectivity index (χ2v) is 8.73. The molecule has 0 saturated heterocycles. The second-order valence-electron chi connectivity index (χ2n) is 8.73. The molecule has 0 fully saturated rings. The van der Waals surface area contributed by atoms with E-state index in [0.29, 0.717) is 12.3 Å². The Morgan fingerprint density at radius 3 is 1.81 bits per heavy atom. The SMILES string of the molecule is CC[C@H](C)[C@@H](C(=O)N[C@H](C(=O)N(C)[C@@H](CC(C)C)C(C)=O)C(C)C)N(C)C. The first kappa shape index (κ1) is 25.6. The molecule has 2 amide bonds. The molecule has 0 saturated carbocycles. The average Bonchev–Trinajstić information content (AvgIpc) is 2.55. The van der Waals surface area contributed by atoms with Gasteiger partial charge in [-0.15, -0.1) is 0 Å². The van der Waals surface area contributed by atoms with Gasteiger partial charge in [-0.2, -0.15) is 0 Å². The average molecular weight is 384 g/mol. The highest BCUT2D eigenvalue weighted by Crippen LogP contribution is 2.17. The lowest BCUT2D eigenvalue weighted by Gasteiger charge is -2.35. The normalized spacial score (nSPS) is 16.2. The summed E-state index contributed by atoms with van der Waals surface area (Å²) in [4.78, 5) is 41.5. The van der Waals surface area contributed by atoms with Crippen LogP contribution in [-0.4, -0.2) is 66.7 Å². The minimum absolute atomic E-state index is 0.0286. The number of carbonyl (C=O) groups is 3. The van der Waals surface area contributed by atoms with Crippen LogP contribution in [0.25, 0.3) is 0 Å². The van der Waals surface area contributed by atoms with Gasteiger partial charge in [-0.3, -0.25) is 19.3 Å². The van der Waals surface area contributed by atoms with Gasteiger partial charge in [0.25, 0.3) is 0 Å². The van der Waals surface area contributed by atoms with E-state index in [-0.39, 0.29) is 35.5 Å². The number of likely N-dealkylation sites (N-methyl/N-ethyl adjacent to an activating group) is 2. The number of hydrogen-bond donors (Lipinski definition) is 1. The molecule has 0 bridgehead atoms. The van der Waals surface area contributed by atoms with E-state index < -0.39 is 12.1 Å². The van der Waals surface area contributed by atoms with E-state index in [2.05, 4.69) is 12.2 Å². The number of Topliss-reactive ketones (excluding diaryl/α,β-unsaturated/α-hetero) is 1. The van der Waals surface area contributed by atoms with Crippen LogP contribution in [0.15, 0.2) is 0 Å². The van der Waals surface area contributed by atoms with Crippen molar-refractivity contribution >= 4 is 17.6 Å². The molecule has 1 N–H and O–H groups in total. The highest BCUT2D eigenvalue weighted by molar-refractivity contribution is 5.93. The minimum atomic E-state index is -0.650. The third-order valence-corrected chi connectivity index (χ3v) is 5.22. The molecule has 0 aromatic carbocycles. The van der Waals surface area contributed by atoms with Crippen molar-refractivity contribution in [2.45, 2.75) is 79.4 Å². The molecule has 6 nitrogen and oxygen atoms in total. The summed E-state index contributed by atoms with van der Waals surface area (Å²) >= 11 is 0. The quantitative estimate of drug-likeness (QED) is 0.595. The highest BCUT2D eigenvalue weighted by atomic mass is 16.2. The maximum absolute atomic E-state index is 13.1. The lowest BCUT2D eigenvalue weighted by atomic mass is 9.94. The zero-order chi connectivity index (χ0) is 21.5. The maximum Gasteiger partial charge on any atom is 0.245 e. The standard InChI is InChI=1S/C21H41N3O3/c1-11-15(6)19(23(8)9)20(26)22-18(14(4)5)21(27)24(10)17(16(7)25)12-13(2)3/h13-15,17-19H,11-12H2,1-10H3,(H,22,26)/t15-,17-,18-,19-/m0/s1. The molecule has 0 aliphatic carbocycles. The van der Waals surface area contributed by atoms with Crippen LogP contribution in [-0.2, 0) is 14.4 Å². The molecule has 0 aliphatic heterocycles. The Kier molecular flexibility index (Phi) is 10.8. The first-order valence-electron chi connectivity index (χ1n) is 10.1. The fourth-order valence-corrected chi connectivity index (χ4v) is 3.39. The molecule has 158 valence electrons. The molecule has 0 unspecified atom stereocenters. The van der Waals surface area contributed by atoms with Crippen molar-refractivity contribution in [1.82, 2.24) is 15.1 Å². The fourth-order valence-electron chi connectivity index (χ4n) is 3.39. The van der Waals surface area contributed by atoms with Gasteiger partial charge in [-0.25, -0.2) is 0 Å². The van der Waals surface area contributed by atoms with Crippen molar-refractivity contribution in [1.29, 1.82) is 0 Å². The second kappa shape index (κ2) is 11.4. The Morgan fingerprint density at radius 2 is 1.48 bits per heavy atom. The van der Waals surface area contributed by atoms with Gasteiger partial charge in [0.15, 0.2) is 5.78 Å². The molecule has 0 aromatic rings. The molecular weight excluding hydrogens is 342 g/mol. The Bertz CT molecular complexity index is 503. The van der Waals surface area contributed by atoms with Crippen LogP contribution in [0.5, 0.6) is 0 Å². The van der Waals surface area contributed by atoms with Crippen molar-refractivity contribution in [3.05, 3.63) is 0 Å². The zero-order valence-electron chi connectivity index (χ0n) is 19.0. The molecule has 0 aromatic heterocycles. The van der Waals surface area contributed by atoms with Crippen molar-refractivity contribution in [2.24, 2.45) is 17.8 Å². The smallest absolute Gasteiger partial charge is 0.245 e. The molecule has 0 spiro atoms. The molecule has 0 aliphatic rings. The fraction of sp³-hybridized carbons (Fsp3) is 0.857. The molecule has 0 rings (SSSR count). The Balaban J connectivity index is 5.49. The Hall–Kier alpha value is -1.43. The summed E-state index contributed by atoms with van der Waals surface area (Å²) in [5.41, 5.74) is 0. The lowest BCUT2D eigenvalue weighted by Crippen LogP contribution is -2.58. The largest absolute Gasteiger partial charge is 0.343 e. The number of rotatable bonds is 11. The van der Waals surface area contributed by atoms with E-state index in [1.807, 2.05) is 53.6 Å². The number of ketones is 1. The molecule has 0 heterocycles. The Morgan fingerprint density at radius 1 is 0.963 bits per heavy atom. The van der Waals surface area contributed by atoms with Gasteiger partial charge in [0, 0.05) is 7.05 Å². The summed E-state index contributed by atoms with van der Waals surface area (Å²) in [5.74, 6) is 0.0182. The number of nitrogens with zero attached hydrogens (tertiary/aromatic N) is 2. The van der Waals surface area contributed by atoms with Crippen molar-refractivity contribution in [2.75, 3.05) is 21.1 Å². The monoisotopic (exact) mass is 383 g/mol. The predicted octanol–water partition coefficient (Wildman–Crippen LogP) is 2.57. The van der Waals surface area contributed by atoms with Crippen LogP contribution < -0.4 is 5.32 Å². The van der Waals surface area contributed by atoms with E-state index in [1.54, 1.807) is 7.05 Å². The summed E-state index contributed by atoms with van der Waals surface area (Å²) in [6.45, 7) is 13.5. The van der Waals surface area contributed by atoms with E-state index in [0.717, 1.165) is 6.42 Å². The van der Waals surface area contributed by atoms with Crippen LogP contribution in [0, 0.1) is 17.8 Å². The van der Waals surface area contributed by atoms with Crippen LogP contribution >= 0.6 is 0 Å². The number of amides is 2. The van der Waals surface area contributed by atoms with E-state index in [9.17, 15) is 14.4 Å². The Labute approximate surface area is 166 Å². The summed E-state index contributed by atoms with van der Waals surface area (Å²) in [6.07, 6.45) is 1.49. The minimum Gasteiger partial charge on any atom is -0.343 e. The van der Waals surface area contributed by atoms with Gasteiger partial charge in [0.1, 0.15) is 6.04 Å². The van der Waals surface area contributed by atoms with Gasteiger partial charge in [-0.05, 0) is 45.2 Å². The molecule has 27 heavy (non-hydrogen) atoms. The van der Waals surface area contributed by atoms with Crippen molar-refractivity contribution < 1.29 is 14.4 Å². The molecule has 6 heteroatoms. The summed E-state index contributed by atoms with van der Waals surface area (Å²) in [5, 5.41) is 2.96. The van der Waals surface area contributed by atoms with Crippen molar-refractivity contribution in [3.8, 4) is 0 Å². The van der Waals surface area contributed by atoms with E-state index in [4.69, 9.17) is 0 Å². The van der Waals surface area contributed by atoms with Crippen LogP contribution in [0.4, 0.5) is 0 Å². The molecule has 0 radical (unpaired) electrons. The van der Waals surface area contributed by atoms with E-state index >= 15 is 0 Å². The number of hydrogen-bond acceptors (Lipinski definition) is 4. The van der Waals surface area contributed by atoms with E-state index in [1.165, 1.54) is 11.8 Å². The van der Waals surface area contributed by atoms with Crippen LogP contribution in [0.1, 0.15) is 61.3 Å². The molecular formula is C21H41N3O3. The summed E-state index contributed by atoms with van der Waals surface area (Å²) in [7, 11) is 5.42. The maximum atomic E-state index is 13.1. The van der Waals surface area contributed by atoms with Gasteiger partial charge in [0.2, 0.25) is 11.8 Å². The zero-order valence-corrected chi connectivity index (χ0v) is 19.0. The van der Waals surface area contributed by atoms with Gasteiger partial charge >= 0.3 is 0 Å². The lowest BCUT2D eigenvalue weighted by molar-refractivity contribution is -0.143. The van der Waals surface area contributed by atoms with Crippen molar-refractivity contribution in [3.63, 3.8) is 0 Å².